The third kappa shape index (κ3) is 2.46. The third-order valence-electron chi connectivity index (χ3n) is 2.45. The third-order valence-corrected chi connectivity index (χ3v) is 3.12. The number of carbonyl (C=O) groups is 1. The SMILES string of the molecule is Cl.N[C@H]1CCN(c2ccc(I)cc2F)C1=O. The molecule has 0 saturated carbocycles. The van der Waals surface area contributed by atoms with E-state index in [2.05, 4.69) is 0 Å². The molecule has 0 spiro atoms. The molecule has 88 valence electrons. The van der Waals surface area contributed by atoms with Gasteiger partial charge >= 0.3 is 0 Å². The zero-order valence-electron chi connectivity index (χ0n) is 8.32. The summed E-state index contributed by atoms with van der Waals surface area (Å²) in [5, 5.41) is 0. The Morgan fingerprint density at radius 1 is 1.50 bits per heavy atom. The zero-order valence-corrected chi connectivity index (χ0v) is 11.3. The zero-order chi connectivity index (χ0) is 11.0. The summed E-state index contributed by atoms with van der Waals surface area (Å²) in [6, 6.07) is 4.32. The molecule has 0 aromatic heterocycles. The average Bonchev–Trinajstić information content (AvgIpc) is 2.49. The molecule has 2 rings (SSSR count). The van der Waals surface area contributed by atoms with Crippen molar-refractivity contribution in [3.63, 3.8) is 0 Å². The molecule has 1 heterocycles. The fraction of sp³-hybridized carbons (Fsp3) is 0.300. The van der Waals surface area contributed by atoms with E-state index in [1.54, 1.807) is 12.1 Å². The molecule has 1 amide bonds. The van der Waals surface area contributed by atoms with Crippen molar-refractivity contribution in [3.8, 4) is 0 Å². The molecule has 0 bridgehead atoms. The lowest BCUT2D eigenvalue weighted by Gasteiger charge is -2.16. The van der Waals surface area contributed by atoms with Crippen LogP contribution in [0.5, 0.6) is 0 Å². The first-order valence-corrected chi connectivity index (χ1v) is 5.69. The number of rotatable bonds is 1. The Morgan fingerprint density at radius 3 is 2.69 bits per heavy atom. The number of amides is 1. The van der Waals surface area contributed by atoms with E-state index < -0.39 is 6.04 Å². The Morgan fingerprint density at radius 2 is 2.19 bits per heavy atom. The van der Waals surface area contributed by atoms with Crippen LogP contribution in [0.4, 0.5) is 10.1 Å². The highest BCUT2D eigenvalue weighted by Crippen LogP contribution is 2.25. The Bertz CT molecular complexity index is 416. The van der Waals surface area contributed by atoms with E-state index in [-0.39, 0.29) is 24.1 Å². The van der Waals surface area contributed by atoms with E-state index in [9.17, 15) is 9.18 Å². The summed E-state index contributed by atoms with van der Waals surface area (Å²) in [6.45, 7) is 0.498. The van der Waals surface area contributed by atoms with E-state index in [1.807, 2.05) is 22.6 Å². The van der Waals surface area contributed by atoms with Gasteiger partial charge in [0.05, 0.1) is 11.7 Å². The molecule has 1 atom stereocenters. The standard InChI is InChI=1S/C10H10FIN2O.ClH/c11-7-5-6(12)1-2-9(7)14-4-3-8(13)10(14)15;/h1-2,5,8H,3-4,13H2;1H/t8-;/m0./s1. The molecule has 0 radical (unpaired) electrons. The molecule has 16 heavy (non-hydrogen) atoms. The maximum atomic E-state index is 13.6. The topological polar surface area (TPSA) is 46.3 Å². The molecule has 2 N–H and O–H groups in total. The largest absolute Gasteiger partial charge is 0.320 e. The number of anilines is 1. The molecule has 1 aliphatic heterocycles. The smallest absolute Gasteiger partial charge is 0.244 e. The summed E-state index contributed by atoms with van der Waals surface area (Å²) >= 11 is 2.03. The second-order valence-electron chi connectivity index (χ2n) is 3.48. The number of hydrogen-bond donors (Lipinski definition) is 1. The van der Waals surface area contributed by atoms with Gasteiger partial charge in [0.1, 0.15) is 5.82 Å². The van der Waals surface area contributed by atoms with Crippen LogP contribution in [0, 0.1) is 9.39 Å². The molecular weight excluding hydrogens is 345 g/mol. The van der Waals surface area contributed by atoms with Crippen molar-refractivity contribution in [1.82, 2.24) is 0 Å². The van der Waals surface area contributed by atoms with Crippen molar-refractivity contribution in [2.24, 2.45) is 5.73 Å². The lowest BCUT2D eigenvalue weighted by atomic mass is 10.2. The van der Waals surface area contributed by atoms with Gasteiger partial charge in [0, 0.05) is 10.1 Å². The molecule has 1 saturated heterocycles. The fourth-order valence-corrected chi connectivity index (χ4v) is 2.09. The first-order chi connectivity index (χ1) is 7.09. The highest BCUT2D eigenvalue weighted by Gasteiger charge is 2.30. The van der Waals surface area contributed by atoms with E-state index in [1.165, 1.54) is 11.0 Å². The molecule has 0 aliphatic carbocycles. The summed E-state index contributed by atoms with van der Waals surface area (Å²) in [5.74, 6) is -0.570. The molecule has 6 heteroatoms. The van der Waals surface area contributed by atoms with Crippen LogP contribution in [-0.2, 0) is 4.79 Å². The van der Waals surface area contributed by atoms with Crippen LogP contribution in [0.15, 0.2) is 18.2 Å². The molecule has 1 aliphatic rings. The summed E-state index contributed by atoms with van der Waals surface area (Å²) in [6.07, 6.45) is 0.588. The van der Waals surface area contributed by atoms with E-state index >= 15 is 0 Å². The van der Waals surface area contributed by atoms with Crippen LogP contribution < -0.4 is 10.6 Å². The first kappa shape index (κ1) is 13.7. The van der Waals surface area contributed by atoms with Crippen molar-refractivity contribution < 1.29 is 9.18 Å². The van der Waals surface area contributed by atoms with Crippen LogP contribution in [0.3, 0.4) is 0 Å². The number of nitrogens with two attached hydrogens (primary N) is 1. The predicted octanol–water partition coefficient (Wildman–Crippen LogP) is 1.92. The van der Waals surface area contributed by atoms with Gasteiger partial charge < -0.3 is 10.6 Å². The Balaban J connectivity index is 0.00000128. The lowest BCUT2D eigenvalue weighted by Crippen LogP contribution is -2.34. The van der Waals surface area contributed by atoms with Crippen molar-refractivity contribution >= 4 is 46.6 Å². The van der Waals surface area contributed by atoms with Crippen molar-refractivity contribution in [2.45, 2.75) is 12.5 Å². The van der Waals surface area contributed by atoms with E-state index in [0.717, 1.165) is 3.57 Å². The number of nitrogens with zero attached hydrogens (tertiary/aromatic N) is 1. The van der Waals surface area contributed by atoms with Gasteiger partial charge in [-0.15, -0.1) is 12.4 Å². The van der Waals surface area contributed by atoms with Crippen LogP contribution in [0.25, 0.3) is 0 Å². The van der Waals surface area contributed by atoms with Crippen molar-refractivity contribution in [1.29, 1.82) is 0 Å². The minimum absolute atomic E-state index is 0. The second kappa shape index (κ2) is 5.29. The number of hydrogen-bond acceptors (Lipinski definition) is 2. The number of carbonyl (C=O) groups excluding carboxylic acids is 1. The van der Waals surface area contributed by atoms with Crippen molar-refractivity contribution in [3.05, 3.63) is 27.6 Å². The molecule has 3 nitrogen and oxygen atoms in total. The van der Waals surface area contributed by atoms with Crippen LogP contribution in [0.2, 0.25) is 0 Å². The van der Waals surface area contributed by atoms with E-state index in [0.29, 0.717) is 18.7 Å². The summed E-state index contributed by atoms with van der Waals surface area (Å²) in [5.41, 5.74) is 5.90. The Labute approximate surface area is 113 Å². The van der Waals surface area contributed by atoms with Gasteiger partial charge in [-0.3, -0.25) is 4.79 Å². The Hall–Kier alpha value is -0.400. The molecule has 1 aromatic rings. The van der Waals surface area contributed by atoms with Gasteiger partial charge in [-0.1, -0.05) is 0 Å². The minimum atomic E-state index is -0.483. The first-order valence-electron chi connectivity index (χ1n) is 4.61. The lowest BCUT2D eigenvalue weighted by molar-refractivity contribution is -0.118. The van der Waals surface area contributed by atoms with E-state index in [4.69, 9.17) is 5.73 Å². The van der Waals surface area contributed by atoms with Gasteiger partial charge in [-0.25, -0.2) is 4.39 Å². The predicted molar refractivity (Wildman–Crippen MR) is 71.3 cm³/mol. The van der Waals surface area contributed by atoms with Gasteiger partial charge in [-0.05, 0) is 47.2 Å². The second-order valence-corrected chi connectivity index (χ2v) is 4.73. The fourth-order valence-electron chi connectivity index (χ4n) is 1.64. The molecule has 1 aromatic carbocycles. The highest BCUT2D eigenvalue weighted by atomic mass is 127. The molecule has 0 unspecified atom stereocenters. The quantitative estimate of drug-likeness (QED) is 0.782. The van der Waals surface area contributed by atoms with Crippen LogP contribution in [0.1, 0.15) is 6.42 Å². The van der Waals surface area contributed by atoms with Gasteiger partial charge in [0.15, 0.2) is 0 Å². The van der Waals surface area contributed by atoms with Crippen molar-refractivity contribution in [2.75, 3.05) is 11.4 Å². The number of halogens is 3. The molecular formula is C10H11ClFIN2O. The van der Waals surface area contributed by atoms with Gasteiger partial charge in [-0.2, -0.15) is 0 Å². The summed E-state index contributed by atoms with van der Waals surface area (Å²) < 4.78 is 14.4. The highest BCUT2D eigenvalue weighted by molar-refractivity contribution is 14.1. The monoisotopic (exact) mass is 356 g/mol. The van der Waals surface area contributed by atoms with Crippen LogP contribution >= 0.6 is 35.0 Å². The van der Waals surface area contributed by atoms with Gasteiger partial charge in [0.2, 0.25) is 5.91 Å². The maximum Gasteiger partial charge on any atom is 0.244 e. The Kier molecular flexibility index (Phi) is 4.52. The number of benzene rings is 1. The average molecular weight is 357 g/mol. The molecule has 1 fully saturated rings. The van der Waals surface area contributed by atoms with Crippen LogP contribution in [-0.4, -0.2) is 18.5 Å². The summed E-state index contributed by atoms with van der Waals surface area (Å²) in [7, 11) is 0. The normalized spacial score (nSPS) is 19.8. The maximum absolute atomic E-state index is 13.6. The minimum Gasteiger partial charge on any atom is -0.320 e. The summed E-state index contributed by atoms with van der Waals surface area (Å²) in [4.78, 5) is 13.0. The van der Waals surface area contributed by atoms with Gasteiger partial charge in [0.25, 0.3) is 0 Å².